The van der Waals surface area contributed by atoms with E-state index in [-0.39, 0.29) is 11.9 Å². The van der Waals surface area contributed by atoms with Crippen molar-refractivity contribution in [2.75, 3.05) is 33.2 Å². The average Bonchev–Trinajstić information content (AvgIpc) is 3.09. The molecule has 2 aliphatic rings. The molecule has 1 amide bonds. The number of hydrogen-bond acceptors (Lipinski definition) is 4. The fourth-order valence-corrected chi connectivity index (χ4v) is 2.69. The molecule has 0 spiro atoms. The maximum atomic E-state index is 11.5. The lowest BCUT2D eigenvalue weighted by atomic mass is 10.2. The van der Waals surface area contributed by atoms with Gasteiger partial charge in [-0.2, -0.15) is 0 Å². The third kappa shape index (κ3) is 3.93. The molecule has 5 nitrogen and oxygen atoms in total. The highest BCUT2D eigenvalue weighted by molar-refractivity contribution is 5.80. The number of likely N-dealkylation sites (N-methyl/N-ethyl adjacent to an activating group) is 1. The van der Waals surface area contributed by atoms with Crippen LogP contribution in [-0.4, -0.2) is 67.1 Å². The molecule has 1 aliphatic carbocycles. The van der Waals surface area contributed by atoms with Gasteiger partial charge in [0, 0.05) is 25.2 Å². The van der Waals surface area contributed by atoms with Crippen LogP contribution in [0, 0.1) is 0 Å². The number of carbonyl (C=O) groups is 1. The van der Waals surface area contributed by atoms with Crippen LogP contribution in [0.15, 0.2) is 0 Å². The molecule has 0 aromatic rings. The normalized spacial score (nSPS) is 28.9. The third-order valence-corrected chi connectivity index (χ3v) is 3.96. The van der Waals surface area contributed by atoms with Crippen molar-refractivity contribution in [1.82, 2.24) is 15.1 Å². The number of primary amides is 1. The van der Waals surface area contributed by atoms with E-state index in [0.717, 1.165) is 32.6 Å². The first-order valence-electron chi connectivity index (χ1n) is 7.04. The lowest BCUT2D eigenvalue weighted by molar-refractivity contribution is -0.120. The number of hydrogen-bond donors (Lipinski definition) is 2. The van der Waals surface area contributed by atoms with Gasteiger partial charge >= 0.3 is 0 Å². The summed E-state index contributed by atoms with van der Waals surface area (Å²) in [5.41, 5.74) is 5.50. The average molecular weight is 254 g/mol. The van der Waals surface area contributed by atoms with Crippen molar-refractivity contribution in [3.05, 3.63) is 0 Å². The Balaban J connectivity index is 1.89. The quantitative estimate of drug-likeness (QED) is 0.702. The number of rotatable bonds is 5. The topological polar surface area (TPSA) is 61.6 Å². The zero-order valence-electron chi connectivity index (χ0n) is 11.6. The molecule has 1 aliphatic heterocycles. The van der Waals surface area contributed by atoms with Crippen LogP contribution < -0.4 is 11.1 Å². The van der Waals surface area contributed by atoms with Gasteiger partial charge in [-0.05, 0) is 46.3 Å². The van der Waals surface area contributed by atoms with Crippen molar-refractivity contribution >= 4 is 5.91 Å². The fourth-order valence-electron chi connectivity index (χ4n) is 2.69. The molecule has 1 saturated carbocycles. The van der Waals surface area contributed by atoms with E-state index in [9.17, 15) is 4.79 Å². The highest BCUT2D eigenvalue weighted by Crippen LogP contribution is 2.20. The Labute approximate surface area is 110 Å². The lowest BCUT2D eigenvalue weighted by Crippen LogP contribution is -2.52. The van der Waals surface area contributed by atoms with Gasteiger partial charge in [0.25, 0.3) is 0 Å². The van der Waals surface area contributed by atoms with E-state index >= 15 is 0 Å². The minimum atomic E-state index is -0.216. The van der Waals surface area contributed by atoms with Gasteiger partial charge in [-0.25, -0.2) is 0 Å². The smallest absolute Gasteiger partial charge is 0.235 e. The zero-order valence-corrected chi connectivity index (χ0v) is 11.6. The largest absolute Gasteiger partial charge is 0.368 e. The number of nitrogens with one attached hydrogen (secondary N) is 1. The highest BCUT2D eigenvalue weighted by atomic mass is 16.1. The summed E-state index contributed by atoms with van der Waals surface area (Å²) in [4.78, 5) is 16.3. The first-order chi connectivity index (χ1) is 8.56. The standard InChI is InChI=1S/C13H26N4O/c1-10-8-16(2)6-3-7-17(10)9-12(13(14)18)15-11-4-5-11/h10-12,15H,3-9H2,1-2H3,(H2,14,18). The first kappa shape index (κ1) is 13.8. The van der Waals surface area contributed by atoms with Gasteiger partial charge in [-0.3, -0.25) is 9.69 Å². The van der Waals surface area contributed by atoms with Crippen molar-refractivity contribution in [3.8, 4) is 0 Å². The van der Waals surface area contributed by atoms with Gasteiger partial charge < -0.3 is 16.0 Å². The van der Waals surface area contributed by atoms with Crippen molar-refractivity contribution in [1.29, 1.82) is 0 Å². The predicted octanol–water partition coefficient (Wildman–Crippen LogP) is -0.382. The van der Waals surface area contributed by atoms with Crippen LogP contribution in [0.5, 0.6) is 0 Å². The second kappa shape index (κ2) is 5.99. The number of nitrogens with zero attached hydrogens (tertiary/aromatic N) is 2. The van der Waals surface area contributed by atoms with E-state index in [2.05, 4.69) is 29.1 Å². The van der Waals surface area contributed by atoms with Gasteiger partial charge in [-0.15, -0.1) is 0 Å². The summed E-state index contributed by atoms with van der Waals surface area (Å²) in [5.74, 6) is -0.216. The molecule has 2 atom stereocenters. The molecule has 2 rings (SSSR count). The van der Waals surface area contributed by atoms with E-state index < -0.39 is 0 Å². The Morgan fingerprint density at radius 3 is 2.78 bits per heavy atom. The molecule has 5 heteroatoms. The van der Waals surface area contributed by atoms with Gasteiger partial charge in [0.1, 0.15) is 0 Å². The summed E-state index contributed by atoms with van der Waals surface area (Å²) in [6, 6.07) is 0.816. The molecule has 0 bridgehead atoms. The molecule has 104 valence electrons. The van der Waals surface area contributed by atoms with Gasteiger partial charge in [-0.1, -0.05) is 0 Å². The molecular formula is C13H26N4O. The Kier molecular flexibility index (Phi) is 4.59. The zero-order chi connectivity index (χ0) is 13.1. The van der Waals surface area contributed by atoms with Crippen molar-refractivity contribution in [2.45, 2.75) is 44.3 Å². The van der Waals surface area contributed by atoms with Crippen molar-refractivity contribution in [3.63, 3.8) is 0 Å². The van der Waals surface area contributed by atoms with Crippen LogP contribution in [0.2, 0.25) is 0 Å². The number of nitrogens with two attached hydrogens (primary N) is 1. The minimum Gasteiger partial charge on any atom is -0.368 e. The third-order valence-electron chi connectivity index (χ3n) is 3.96. The van der Waals surface area contributed by atoms with Crippen LogP contribution in [0.3, 0.4) is 0 Å². The van der Waals surface area contributed by atoms with Crippen molar-refractivity contribution in [2.24, 2.45) is 5.73 Å². The fraction of sp³-hybridized carbons (Fsp3) is 0.923. The molecule has 0 radical (unpaired) electrons. The summed E-state index contributed by atoms with van der Waals surface area (Å²) in [6.07, 6.45) is 3.53. The summed E-state index contributed by atoms with van der Waals surface area (Å²) in [7, 11) is 2.16. The summed E-state index contributed by atoms with van der Waals surface area (Å²) in [5, 5.41) is 3.36. The monoisotopic (exact) mass is 254 g/mol. The lowest BCUT2D eigenvalue weighted by Gasteiger charge is -2.30. The van der Waals surface area contributed by atoms with Gasteiger partial charge in [0.15, 0.2) is 0 Å². The summed E-state index contributed by atoms with van der Waals surface area (Å²) in [6.45, 7) is 6.24. The maximum Gasteiger partial charge on any atom is 0.235 e. The van der Waals surface area contributed by atoms with E-state index in [4.69, 9.17) is 5.73 Å². The number of amides is 1. The molecular weight excluding hydrogens is 228 g/mol. The second-order valence-electron chi connectivity index (χ2n) is 5.86. The molecule has 2 fully saturated rings. The van der Waals surface area contributed by atoms with Crippen molar-refractivity contribution < 1.29 is 4.79 Å². The molecule has 1 heterocycles. The van der Waals surface area contributed by atoms with Gasteiger partial charge in [0.05, 0.1) is 6.04 Å². The van der Waals surface area contributed by atoms with E-state index in [1.165, 1.54) is 12.8 Å². The SMILES string of the molecule is CC1CN(C)CCCN1CC(NC1CC1)C(N)=O. The maximum absolute atomic E-state index is 11.5. The summed E-state index contributed by atoms with van der Waals surface area (Å²) >= 11 is 0. The van der Waals surface area contributed by atoms with Crippen LogP contribution >= 0.6 is 0 Å². The van der Waals surface area contributed by atoms with E-state index in [0.29, 0.717) is 12.1 Å². The molecule has 18 heavy (non-hydrogen) atoms. The van der Waals surface area contributed by atoms with Gasteiger partial charge in [0.2, 0.25) is 5.91 Å². The second-order valence-corrected chi connectivity index (χ2v) is 5.86. The molecule has 0 aromatic heterocycles. The number of carbonyl (C=O) groups excluding carboxylic acids is 1. The molecule has 3 N–H and O–H groups in total. The Bertz CT molecular complexity index is 293. The van der Waals surface area contributed by atoms with Crippen LogP contribution in [0.25, 0.3) is 0 Å². The Hall–Kier alpha value is -0.650. The minimum absolute atomic E-state index is 0.191. The van der Waals surface area contributed by atoms with Crippen LogP contribution in [-0.2, 0) is 4.79 Å². The van der Waals surface area contributed by atoms with E-state index in [1.807, 2.05) is 0 Å². The van der Waals surface area contributed by atoms with E-state index in [1.54, 1.807) is 0 Å². The van der Waals surface area contributed by atoms with Crippen LogP contribution in [0.1, 0.15) is 26.2 Å². The molecule has 2 unspecified atom stereocenters. The highest BCUT2D eigenvalue weighted by Gasteiger charge is 2.30. The Morgan fingerprint density at radius 1 is 1.44 bits per heavy atom. The summed E-state index contributed by atoms with van der Waals surface area (Å²) < 4.78 is 0. The predicted molar refractivity (Wildman–Crippen MR) is 72.3 cm³/mol. The van der Waals surface area contributed by atoms with Crippen LogP contribution in [0.4, 0.5) is 0 Å². The Morgan fingerprint density at radius 2 is 2.17 bits per heavy atom. The molecule has 1 saturated heterocycles. The first-order valence-corrected chi connectivity index (χ1v) is 7.04. The molecule has 0 aromatic carbocycles.